The number of nitrogens with zero attached hydrogens (tertiary/aromatic N) is 2. The van der Waals surface area contributed by atoms with E-state index in [0.29, 0.717) is 6.42 Å². The maximum Gasteiger partial charge on any atom is 0.303 e. The van der Waals surface area contributed by atoms with Gasteiger partial charge in [-0.15, -0.1) is 0 Å². The van der Waals surface area contributed by atoms with E-state index in [-0.39, 0.29) is 29.9 Å². The standard InChI is InChI=1S/C12H15N3O5/c1-14(6-2-3-11(16)17)12(18)8-4-5-9(13)10(7-8)15(19)20/h4-5,7H,2-3,6,13H2,1H3,(H,16,17). The van der Waals surface area contributed by atoms with Crippen LogP contribution in [-0.4, -0.2) is 40.4 Å². The van der Waals surface area contributed by atoms with E-state index < -0.39 is 16.8 Å². The molecule has 0 radical (unpaired) electrons. The molecular weight excluding hydrogens is 266 g/mol. The molecule has 0 spiro atoms. The highest BCUT2D eigenvalue weighted by molar-refractivity contribution is 5.95. The van der Waals surface area contributed by atoms with Crippen molar-refractivity contribution < 1.29 is 19.6 Å². The van der Waals surface area contributed by atoms with Crippen LogP contribution in [0.4, 0.5) is 11.4 Å². The predicted molar refractivity (Wildman–Crippen MR) is 71.3 cm³/mol. The third-order valence-corrected chi connectivity index (χ3v) is 2.70. The quantitative estimate of drug-likeness (QED) is 0.457. The van der Waals surface area contributed by atoms with Gasteiger partial charge in [0, 0.05) is 31.6 Å². The molecule has 0 aliphatic heterocycles. The molecule has 0 aliphatic rings. The molecule has 0 aromatic heterocycles. The van der Waals surface area contributed by atoms with Crippen LogP contribution in [0.3, 0.4) is 0 Å². The van der Waals surface area contributed by atoms with Crippen molar-refractivity contribution in [1.29, 1.82) is 0 Å². The van der Waals surface area contributed by atoms with Gasteiger partial charge in [0.25, 0.3) is 11.6 Å². The molecule has 0 fully saturated rings. The van der Waals surface area contributed by atoms with Crippen LogP contribution in [0.2, 0.25) is 0 Å². The van der Waals surface area contributed by atoms with Crippen molar-refractivity contribution in [1.82, 2.24) is 4.90 Å². The van der Waals surface area contributed by atoms with Crippen molar-refractivity contribution in [2.75, 3.05) is 19.3 Å². The summed E-state index contributed by atoms with van der Waals surface area (Å²) in [5.74, 6) is -1.35. The first-order chi connectivity index (χ1) is 9.32. The molecule has 0 saturated heterocycles. The second-order valence-electron chi connectivity index (χ2n) is 4.25. The Bertz CT molecular complexity index is 544. The third kappa shape index (κ3) is 3.94. The van der Waals surface area contributed by atoms with Gasteiger partial charge < -0.3 is 15.7 Å². The topological polar surface area (TPSA) is 127 Å². The minimum atomic E-state index is -0.936. The Morgan fingerprint density at radius 1 is 1.45 bits per heavy atom. The Balaban J connectivity index is 2.79. The first kappa shape index (κ1) is 15.4. The number of hydrogen-bond acceptors (Lipinski definition) is 5. The fraction of sp³-hybridized carbons (Fsp3) is 0.333. The van der Waals surface area contributed by atoms with Crippen LogP contribution in [0.1, 0.15) is 23.2 Å². The number of benzene rings is 1. The van der Waals surface area contributed by atoms with Crippen molar-refractivity contribution in [2.45, 2.75) is 12.8 Å². The molecule has 0 unspecified atom stereocenters. The smallest absolute Gasteiger partial charge is 0.303 e. The Labute approximate surface area is 114 Å². The minimum absolute atomic E-state index is 0.0138. The number of carbonyl (C=O) groups excluding carboxylic acids is 1. The van der Waals surface area contributed by atoms with Gasteiger partial charge in [-0.2, -0.15) is 0 Å². The van der Waals surface area contributed by atoms with E-state index in [2.05, 4.69) is 0 Å². The molecule has 108 valence electrons. The number of nitro benzene ring substituents is 1. The molecule has 1 rings (SSSR count). The van der Waals surface area contributed by atoms with E-state index in [1.807, 2.05) is 0 Å². The van der Waals surface area contributed by atoms with E-state index in [1.54, 1.807) is 0 Å². The van der Waals surface area contributed by atoms with Crippen molar-refractivity contribution in [3.05, 3.63) is 33.9 Å². The van der Waals surface area contributed by atoms with Crippen LogP contribution >= 0.6 is 0 Å². The molecule has 3 N–H and O–H groups in total. The SMILES string of the molecule is CN(CCCC(=O)O)C(=O)c1ccc(N)c([N+](=O)[O-])c1. The average Bonchev–Trinajstić information content (AvgIpc) is 2.37. The summed E-state index contributed by atoms with van der Waals surface area (Å²) < 4.78 is 0. The molecule has 1 amide bonds. The summed E-state index contributed by atoms with van der Waals surface area (Å²) in [6, 6.07) is 3.82. The van der Waals surface area contributed by atoms with Crippen LogP contribution in [0.5, 0.6) is 0 Å². The lowest BCUT2D eigenvalue weighted by molar-refractivity contribution is -0.383. The molecule has 0 atom stereocenters. The lowest BCUT2D eigenvalue weighted by atomic mass is 10.1. The normalized spacial score (nSPS) is 10.1. The largest absolute Gasteiger partial charge is 0.481 e. The number of nitro groups is 1. The van der Waals surface area contributed by atoms with Gasteiger partial charge in [0.05, 0.1) is 4.92 Å². The number of nitrogens with two attached hydrogens (primary N) is 1. The number of carbonyl (C=O) groups is 2. The number of rotatable bonds is 6. The maximum atomic E-state index is 12.0. The lowest BCUT2D eigenvalue weighted by Crippen LogP contribution is -2.28. The fourth-order valence-corrected chi connectivity index (χ4v) is 1.62. The second kappa shape index (κ2) is 6.50. The van der Waals surface area contributed by atoms with E-state index >= 15 is 0 Å². The summed E-state index contributed by atoms with van der Waals surface area (Å²) in [6.07, 6.45) is 0.272. The minimum Gasteiger partial charge on any atom is -0.481 e. The number of anilines is 1. The van der Waals surface area contributed by atoms with Gasteiger partial charge in [-0.05, 0) is 18.6 Å². The average molecular weight is 281 g/mol. The molecule has 0 heterocycles. The molecule has 20 heavy (non-hydrogen) atoms. The van der Waals surface area contributed by atoms with Gasteiger partial charge in [-0.25, -0.2) is 0 Å². The predicted octanol–water partition coefficient (Wildman–Crippen LogP) is 1.11. The molecule has 1 aromatic carbocycles. The van der Waals surface area contributed by atoms with Crippen LogP contribution in [-0.2, 0) is 4.79 Å². The summed E-state index contributed by atoms with van der Waals surface area (Å²) in [5.41, 5.74) is 5.25. The molecule has 8 heteroatoms. The number of carboxylic acid groups (broad SMARTS) is 1. The van der Waals surface area contributed by atoms with E-state index in [0.717, 1.165) is 6.07 Å². The van der Waals surface area contributed by atoms with Crippen LogP contribution < -0.4 is 5.73 Å². The number of amides is 1. The number of nitrogen functional groups attached to an aromatic ring is 1. The molecule has 8 nitrogen and oxygen atoms in total. The number of carboxylic acids is 1. The molecule has 0 saturated carbocycles. The summed E-state index contributed by atoms with van der Waals surface area (Å²) >= 11 is 0. The fourth-order valence-electron chi connectivity index (χ4n) is 1.62. The van der Waals surface area contributed by atoms with Gasteiger partial charge in [0.2, 0.25) is 0 Å². The summed E-state index contributed by atoms with van der Waals surface area (Å²) in [7, 11) is 1.51. The highest BCUT2D eigenvalue weighted by Crippen LogP contribution is 2.22. The molecule has 0 bridgehead atoms. The van der Waals surface area contributed by atoms with Crippen LogP contribution in [0.15, 0.2) is 18.2 Å². The summed E-state index contributed by atoms with van der Waals surface area (Å²) in [5, 5.41) is 19.3. The Morgan fingerprint density at radius 2 is 2.10 bits per heavy atom. The zero-order valence-corrected chi connectivity index (χ0v) is 10.9. The Morgan fingerprint density at radius 3 is 2.65 bits per heavy atom. The highest BCUT2D eigenvalue weighted by atomic mass is 16.6. The zero-order chi connectivity index (χ0) is 15.3. The molecular formula is C12H15N3O5. The van der Waals surface area contributed by atoms with Crippen molar-refractivity contribution >= 4 is 23.3 Å². The first-order valence-electron chi connectivity index (χ1n) is 5.84. The van der Waals surface area contributed by atoms with Crippen LogP contribution in [0, 0.1) is 10.1 Å². The summed E-state index contributed by atoms with van der Waals surface area (Å²) in [4.78, 5) is 33.8. The van der Waals surface area contributed by atoms with Gasteiger partial charge >= 0.3 is 5.97 Å². The zero-order valence-electron chi connectivity index (χ0n) is 10.9. The van der Waals surface area contributed by atoms with Gasteiger partial charge in [0.1, 0.15) is 5.69 Å². The maximum absolute atomic E-state index is 12.0. The lowest BCUT2D eigenvalue weighted by Gasteiger charge is -2.16. The monoisotopic (exact) mass is 281 g/mol. The van der Waals surface area contributed by atoms with Crippen LogP contribution in [0.25, 0.3) is 0 Å². The summed E-state index contributed by atoms with van der Waals surface area (Å²) in [6.45, 7) is 0.253. The molecule has 1 aromatic rings. The Kier molecular flexibility index (Phi) is 5.01. The van der Waals surface area contributed by atoms with E-state index in [9.17, 15) is 19.7 Å². The van der Waals surface area contributed by atoms with Gasteiger partial charge in [-0.1, -0.05) is 0 Å². The van der Waals surface area contributed by atoms with E-state index in [1.165, 1.54) is 24.1 Å². The number of hydrogen-bond donors (Lipinski definition) is 2. The number of aliphatic carboxylic acids is 1. The van der Waals surface area contributed by atoms with Crippen molar-refractivity contribution in [3.63, 3.8) is 0 Å². The van der Waals surface area contributed by atoms with Crippen molar-refractivity contribution in [3.8, 4) is 0 Å². The van der Waals surface area contributed by atoms with Gasteiger partial charge in [0.15, 0.2) is 0 Å². The van der Waals surface area contributed by atoms with Crippen molar-refractivity contribution in [2.24, 2.45) is 0 Å². The first-order valence-corrected chi connectivity index (χ1v) is 5.84. The molecule has 0 aliphatic carbocycles. The van der Waals surface area contributed by atoms with E-state index in [4.69, 9.17) is 10.8 Å². The van der Waals surface area contributed by atoms with Gasteiger partial charge in [-0.3, -0.25) is 19.7 Å². The second-order valence-corrected chi connectivity index (χ2v) is 4.25. The third-order valence-electron chi connectivity index (χ3n) is 2.70. The highest BCUT2D eigenvalue weighted by Gasteiger charge is 2.18. The Hall–Kier alpha value is -2.64.